The lowest BCUT2D eigenvalue weighted by Gasteiger charge is -2.32. The predicted molar refractivity (Wildman–Crippen MR) is 64.5 cm³/mol. The average molecular weight is 224 g/mol. The number of primary amides is 1. The number of hydrogen-bond donors (Lipinski definition) is 2. The Bertz CT molecular complexity index is 269. The molecule has 3 N–H and O–H groups in total. The first-order chi connectivity index (χ1) is 7.77. The molecule has 5 heteroatoms. The Hall–Kier alpha value is -1.49. The first-order valence-corrected chi connectivity index (χ1v) is 5.47. The minimum atomic E-state index is 0.250. The molecule has 0 aromatic heterocycles. The Labute approximate surface area is 96.6 Å². The molecule has 1 saturated heterocycles. The van der Waals surface area contributed by atoms with E-state index in [4.69, 9.17) is 4.79 Å². The summed E-state index contributed by atoms with van der Waals surface area (Å²) in [7, 11) is 2.12. The van der Waals surface area contributed by atoms with Gasteiger partial charge in [0.25, 0.3) is 0 Å². The van der Waals surface area contributed by atoms with Crippen LogP contribution in [0.3, 0.4) is 0 Å². The summed E-state index contributed by atoms with van der Waals surface area (Å²) in [5.41, 5.74) is 5.52. The van der Waals surface area contributed by atoms with E-state index in [1.54, 1.807) is 0 Å². The van der Waals surface area contributed by atoms with Gasteiger partial charge in [0.2, 0.25) is 6.41 Å². The highest BCUT2D eigenvalue weighted by Crippen LogP contribution is 2.11. The first kappa shape index (κ1) is 12.6. The monoisotopic (exact) mass is 224 g/mol. The van der Waals surface area contributed by atoms with E-state index in [0.717, 1.165) is 32.7 Å². The van der Waals surface area contributed by atoms with Crippen LogP contribution in [0.4, 0.5) is 0 Å². The number of nitrogens with one attached hydrogen (secondary N) is 1. The molecule has 1 amide bonds. The Kier molecular flexibility index (Phi) is 5.42. The third-order valence-electron chi connectivity index (χ3n) is 2.52. The molecule has 2 heterocycles. The third kappa shape index (κ3) is 3.94. The Morgan fingerprint density at radius 1 is 1.44 bits per heavy atom. The number of piperazine rings is 1. The topological polar surface area (TPSA) is 61.6 Å². The fraction of sp³-hybridized carbons (Fsp3) is 0.545. The number of nitrogens with zero attached hydrogens (tertiary/aromatic N) is 2. The van der Waals surface area contributed by atoms with E-state index in [9.17, 15) is 0 Å². The van der Waals surface area contributed by atoms with Crippen molar-refractivity contribution in [2.24, 2.45) is 5.73 Å². The zero-order valence-electron chi connectivity index (χ0n) is 9.72. The lowest BCUT2D eigenvalue weighted by molar-refractivity contribution is -0.106. The number of rotatable bonds is 1. The quantitative estimate of drug-likeness (QED) is 0.580. The summed E-state index contributed by atoms with van der Waals surface area (Å²) >= 11 is 0. The number of allylic oxidation sites excluding steroid dienone is 1. The molecule has 16 heavy (non-hydrogen) atoms. The number of nitrogens with two attached hydrogens (primary N) is 1. The van der Waals surface area contributed by atoms with Crippen LogP contribution in [-0.2, 0) is 4.79 Å². The van der Waals surface area contributed by atoms with Crippen molar-refractivity contribution in [3.05, 3.63) is 24.0 Å². The maximum atomic E-state index is 8.58. The maximum absolute atomic E-state index is 8.58. The lowest BCUT2D eigenvalue weighted by Crippen LogP contribution is -2.43. The minimum absolute atomic E-state index is 0.250. The van der Waals surface area contributed by atoms with E-state index in [2.05, 4.69) is 46.2 Å². The Balaban J connectivity index is 0.000000386. The molecule has 0 atom stereocenters. The van der Waals surface area contributed by atoms with Crippen molar-refractivity contribution in [2.75, 3.05) is 39.8 Å². The number of amides is 1. The van der Waals surface area contributed by atoms with Crippen LogP contribution in [0, 0.1) is 0 Å². The van der Waals surface area contributed by atoms with Crippen LogP contribution in [0.15, 0.2) is 24.0 Å². The highest BCUT2D eigenvalue weighted by Gasteiger charge is 2.12. The summed E-state index contributed by atoms with van der Waals surface area (Å²) < 4.78 is 0. The van der Waals surface area contributed by atoms with Gasteiger partial charge in [-0.3, -0.25) is 4.79 Å². The second-order valence-electron chi connectivity index (χ2n) is 3.77. The van der Waals surface area contributed by atoms with E-state index >= 15 is 0 Å². The van der Waals surface area contributed by atoms with Gasteiger partial charge in [-0.15, -0.1) is 0 Å². The molecule has 1 fully saturated rings. The van der Waals surface area contributed by atoms with Crippen LogP contribution in [0.5, 0.6) is 0 Å². The van der Waals surface area contributed by atoms with Gasteiger partial charge < -0.3 is 20.9 Å². The normalized spacial score (nSPS) is 19.7. The van der Waals surface area contributed by atoms with Gasteiger partial charge in [0, 0.05) is 46.0 Å². The van der Waals surface area contributed by atoms with Crippen molar-refractivity contribution < 1.29 is 4.79 Å². The van der Waals surface area contributed by atoms with Crippen molar-refractivity contribution in [3.8, 4) is 0 Å². The molecule has 0 spiro atoms. The number of carbonyl (C=O) groups is 1. The van der Waals surface area contributed by atoms with E-state index in [1.807, 2.05) is 0 Å². The zero-order valence-corrected chi connectivity index (χ0v) is 9.72. The third-order valence-corrected chi connectivity index (χ3v) is 2.52. The summed E-state index contributed by atoms with van der Waals surface area (Å²) in [6, 6.07) is 0. The molecular formula is C11H20N4O. The molecule has 0 unspecified atom stereocenters. The van der Waals surface area contributed by atoms with E-state index in [0.29, 0.717) is 0 Å². The molecule has 2 rings (SSSR count). The van der Waals surface area contributed by atoms with Crippen molar-refractivity contribution in [2.45, 2.75) is 0 Å². The van der Waals surface area contributed by atoms with Crippen LogP contribution in [0.1, 0.15) is 0 Å². The molecule has 2 aliphatic heterocycles. The van der Waals surface area contributed by atoms with Crippen molar-refractivity contribution in [3.63, 3.8) is 0 Å². The van der Waals surface area contributed by atoms with Gasteiger partial charge in [-0.05, 0) is 6.08 Å². The fourth-order valence-corrected chi connectivity index (χ4v) is 1.77. The van der Waals surface area contributed by atoms with Gasteiger partial charge in [-0.2, -0.15) is 0 Å². The summed E-state index contributed by atoms with van der Waals surface area (Å²) in [5.74, 6) is 0. The summed E-state index contributed by atoms with van der Waals surface area (Å²) in [4.78, 5) is 13.2. The standard InChI is InChI=1S/C10H17N3.CH3NO/c1-12-6-2-3-10(9-12)13-7-4-11-5-8-13;2-1-3/h2-3,9,11H,4-8H2,1H3;1H,(H2,2,3). The molecule has 5 nitrogen and oxygen atoms in total. The van der Waals surface area contributed by atoms with E-state index in [-0.39, 0.29) is 6.41 Å². The van der Waals surface area contributed by atoms with Crippen LogP contribution in [0.2, 0.25) is 0 Å². The number of likely N-dealkylation sites (N-methyl/N-ethyl adjacent to an activating group) is 1. The van der Waals surface area contributed by atoms with Crippen LogP contribution in [0.25, 0.3) is 0 Å². The Morgan fingerprint density at radius 2 is 2.06 bits per heavy atom. The summed E-state index contributed by atoms with van der Waals surface area (Å²) in [6.07, 6.45) is 6.92. The minimum Gasteiger partial charge on any atom is -0.375 e. The van der Waals surface area contributed by atoms with Gasteiger partial charge in [0.15, 0.2) is 0 Å². The molecule has 0 saturated carbocycles. The predicted octanol–water partition coefficient (Wildman–Crippen LogP) is -0.664. The molecule has 0 bridgehead atoms. The van der Waals surface area contributed by atoms with Gasteiger partial charge in [0.05, 0.1) is 5.70 Å². The van der Waals surface area contributed by atoms with Gasteiger partial charge in [-0.1, -0.05) is 6.08 Å². The zero-order chi connectivity index (χ0) is 11.8. The second kappa shape index (κ2) is 6.90. The van der Waals surface area contributed by atoms with Crippen molar-refractivity contribution >= 4 is 6.41 Å². The highest BCUT2D eigenvalue weighted by atomic mass is 16.1. The van der Waals surface area contributed by atoms with Crippen LogP contribution in [-0.4, -0.2) is 56.0 Å². The van der Waals surface area contributed by atoms with Gasteiger partial charge >= 0.3 is 0 Å². The van der Waals surface area contributed by atoms with Crippen LogP contribution < -0.4 is 11.1 Å². The Morgan fingerprint density at radius 3 is 2.62 bits per heavy atom. The van der Waals surface area contributed by atoms with Crippen LogP contribution >= 0.6 is 0 Å². The van der Waals surface area contributed by atoms with Gasteiger partial charge in [0.1, 0.15) is 0 Å². The molecule has 0 radical (unpaired) electrons. The first-order valence-electron chi connectivity index (χ1n) is 5.47. The SMILES string of the molecule is CN1C=C(N2CCNCC2)C=CC1.NC=O. The average Bonchev–Trinajstić information content (AvgIpc) is 2.31. The second-order valence-corrected chi connectivity index (χ2v) is 3.77. The summed E-state index contributed by atoms with van der Waals surface area (Å²) in [5, 5.41) is 3.36. The fourth-order valence-electron chi connectivity index (χ4n) is 1.77. The number of carbonyl (C=O) groups excluding carboxylic acids is 1. The molecule has 90 valence electrons. The molecule has 0 aromatic rings. The maximum Gasteiger partial charge on any atom is 0.204 e. The molecule has 2 aliphatic rings. The molecular weight excluding hydrogens is 204 g/mol. The largest absolute Gasteiger partial charge is 0.375 e. The lowest BCUT2D eigenvalue weighted by atomic mass is 10.2. The van der Waals surface area contributed by atoms with Crippen molar-refractivity contribution in [1.29, 1.82) is 0 Å². The van der Waals surface area contributed by atoms with E-state index in [1.165, 1.54) is 5.70 Å². The number of hydrogen-bond acceptors (Lipinski definition) is 4. The highest BCUT2D eigenvalue weighted by molar-refractivity contribution is 5.42. The smallest absolute Gasteiger partial charge is 0.204 e. The van der Waals surface area contributed by atoms with Crippen molar-refractivity contribution in [1.82, 2.24) is 15.1 Å². The molecule has 0 aliphatic carbocycles. The summed E-state index contributed by atoms with van der Waals surface area (Å²) in [6.45, 7) is 5.51. The van der Waals surface area contributed by atoms with Gasteiger partial charge in [-0.25, -0.2) is 0 Å². The molecule has 0 aromatic carbocycles. The van der Waals surface area contributed by atoms with E-state index < -0.39 is 0 Å².